The Balaban J connectivity index is 2.63. The first kappa shape index (κ1) is 8.83. The summed E-state index contributed by atoms with van der Waals surface area (Å²) < 4.78 is 5.58. The van der Waals surface area contributed by atoms with Gasteiger partial charge in [0.15, 0.2) is 0 Å². The average Bonchev–Trinajstić information content (AvgIpc) is 2.43. The van der Waals surface area contributed by atoms with Crippen LogP contribution in [0.2, 0.25) is 0 Å². The quantitative estimate of drug-likeness (QED) is 0.684. The molecule has 0 saturated carbocycles. The van der Waals surface area contributed by atoms with Crippen molar-refractivity contribution in [2.45, 2.75) is 20.3 Å². The summed E-state index contributed by atoms with van der Waals surface area (Å²) in [5, 5.41) is 9.71. The summed E-state index contributed by atoms with van der Waals surface area (Å²) in [6.45, 7) is 4.00. The van der Waals surface area contributed by atoms with E-state index in [2.05, 4.69) is 6.07 Å². The Bertz CT molecular complexity index is 517. The van der Waals surface area contributed by atoms with Gasteiger partial charge >= 0.3 is 0 Å². The fraction of sp³-hybridized carbons (Fsp3) is 0.250. The van der Waals surface area contributed by atoms with Gasteiger partial charge in [-0.15, -0.1) is 0 Å². The minimum absolute atomic E-state index is 0.439. The van der Waals surface area contributed by atoms with Gasteiger partial charge in [0, 0.05) is 5.39 Å². The molecule has 1 aromatic heterocycles. The average molecular weight is 185 g/mol. The molecule has 0 amide bonds. The molecule has 0 bridgehead atoms. The molecule has 2 heteroatoms. The zero-order valence-electron chi connectivity index (χ0n) is 8.29. The molecule has 0 saturated heterocycles. The maximum Gasteiger partial charge on any atom is 0.134 e. The zero-order chi connectivity index (χ0) is 10.1. The van der Waals surface area contributed by atoms with Crippen LogP contribution in [0.4, 0.5) is 0 Å². The molecule has 2 rings (SSSR count). The van der Waals surface area contributed by atoms with Crippen LogP contribution in [0.5, 0.6) is 0 Å². The lowest BCUT2D eigenvalue weighted by Crippen LogP contribution is -1.79. The van der Waals surface area contributed by atoms with Gasteiger partial charge in [-0.25, -0.2) is 0 Å². The number of hydrogen-bond acceptors (Lipinski definition) is 2. The lowest BCUT2D eigenvalue weighted by molar-refractivity contribution is 0.575. The van der Waals surface area contributed by atoms with E-state index in [-0.39, 0.29) is 0 Å². The molecule has 0 spiro atoms. The van der Waals surface area contributed by atoms with Gasteiger partial charge in [0.2, 0.25) is 0 Å². The van der Waals surface area contributed by atoms with E-state index in [1.807, 2.05) is 32.0 Å². The molecule has 70 valence electrons. The largest absolute Gasteiger partial charge is 0.461 e. The van der Waals surface area contributed by atoms with E-state index >= 15 is 0 Å². The van der Waals surface area contributed by atoms with Crippen molar-refractivity contribution in [3.8, 4) is 6.07 Å². The van der Waals surface area contributed by atoms with Crippen LogP contribution in [0.15, 0.2) is 22.6 Å². The highest BCUT2D eigenvalue weighted by atomic mass is 16.3. The third kappa shape index (κ3) is 1.27. The van der Waals surface area contributed by atoms with Crippen LogP contribution in [0.3, 0.4) is 0 Å². The van der Waals surface area contributed by atoms with E-state index < -0.39 is 0 Å². The SMILES string of the molecule is Cc1oc2cc(CC#N)ccc2c1C. The van der Waals surface area contributed by atoms with Crippen molar-refractivity contribution < 1.29 is 4.42 Å². The normalized spacial score (nSPS) is 10.4. The second-order valence-electron chi connectivity index (χ2n) is 3.45. The topological polar surface area (TPSA) is 36.9 Å². The van der Waals surface area contributed by atoms with E-state index in [1.54, 1.807) is 0 Å². The summed E-state index contributed by atoms with van der Waals surface area (Å²) in [4.78, 5) is 0. The van der Waals surface area contributed by atoms with Gasteiger partial charge in [0.1, 0.15) is 11.3 Å². The molecule has 1 aromatic carbocycles. The molecule has 0 aliphatic heterocycles. The smallest absolute Gasteiger partial charge is 0.134 e. The van der Waals surface area contributed by atoms with Crippen molar-refractivity contribution in [2.24, 2.45) is 0 Å². The standard InChI is InChI=1S/C12H11NO/c1-8-9(2)14-12-7-10(5-6-13)3-4-11(8)12/h3-4,7H,5H2,1-2H3. The van der Waals surface area contributed by atoms with Gasteiger partial charge in [0.05, 0.1) is 12.5 Å². The highest BCUT2D eigenvalue weighted by molar-refractivity contribution is 5.82. The molecule has 0 aliphatic rings. The minimum Gasteiger partial charge on any atom is -0.461 e. The Morgan fingerprint density at radius 1 is 1.36 bits per heavy atom. The van der Waals surface area contributed by atoms with Crippen molar-refractivity contribution in [1.29, 1.82) is 5.26 Å². The second-order valence-corrected chi connectivity index (χ2v) is 3.45. The third-order valence-corrected chi connectivity index (χ3v) is 2.52. The van der Waals surface area contributed by atoms with Crippen LogP contribution in [-0.4, -0.2) is 0 Å². The van der Waals surface area contributed by atoms with Crippen LogP contribution >= 0.6 is 0 Å². The first-order chi connectivity index (χ1) is 6.72. The summed E-state index contributed by atoms with van der Waals surface area (Å²) >= 11 is 0. The molecule has 2 nitrogen and oxygen atoms in total. The van der Waals surface area contributed by atoms with E-state index in [0.717, 1.165) is 22.3 Å². The molecule has 0 atom stereocenters. The maximum atomic E-state index is 8.57. The summed E-state index contributed by atoms with van der Waals surface area (Å²) in [6, 6.07) is 8.07. The van der Waals surface area contributed by atoms with Crippen molar-refractivity contribution >= 4 is 11.0 Å². The molecule has 0 N–H and O–H groups in total. The zero-order valence-corrected chi connectivity index (χ0v) is 8.29. The summed E-state index contributed by atoms with van der Waals surface area (Å²) in [6.07, 6.45) is 0.439. The van der Waals surface area contributed by atoms with Gasteiger partial charge in [-0.1, -0.05) is 12.1 Å². The van der Waals surface area contributed by atoms with Gasteiger partial charge in [-0.05, 0) is 31.0 Å². The van der Waals surface area contributed by atoms with Gasteiger partial charge in [0.25, 0.3) is 0 Å². The van der Waals surface area contributed by atoms with E-state index in [0.29, 0.717) is 6.42 Å². The monoisotopic (exact) mass is 185 g/mol. The minimum atomic E-state index is 0.439. The Kier molecular flexibility index (Phi) is 2.01. The van der Waals surface area contributed by atoms with Crippen LogP contribution < -0.4 is 0 Å². The highest BCUT2D eigenvalue weighted by Crippen LogP contribution is 2.25. The number of fused-ring (bicyclic) bond motifs is 1. The molecule has 0 unspecified atom stereocenters. The molecule has 2 aromatic rings. The van der Waals surface area contributed by atoms with Gasteiger partial charge < -0.3 is 4.42 Å². The molecule has 1 heterocycles. The predicted molar refractivity (Wildman–Crippen MR) is 55.0 cm³/mol. The van der Waals surface area contributed by atoms with Gasteiger partial charge in [-0.2, -0.15) is 5.26 Å². The number of aryl methyl sites for hydroxylation is 2. The number of rotatable bonds is 1. The van der Waals surface area contributed by atoms with Gasteiger partial charge in [-0.3, -0.25) is 0 Å². The predicted octanol–water partition coefficient (Wildman–Crippen LogP) is 3.12. The molecule has 0 radical (unpaired) electrons. The molecular weight excluding hydrogens is 174 g/mol. The summed E-state index contributed by atoms with van der Waals surface area (Å²) in [7, 11) is 0. The lowest BCUT2D eigenvalue weighted by Gasteiger charge is -1.93. The lowest BCUT2D eigenvalue weighted by atomic mass is 10.1. The summed E-state index contributed by atoms with van der Waals surface area (Å²) in [5.74, 6) is 0.953. The number of nitriles is 1. The van der Waals surface area contributed by atoms with Crippen molar-refractivity contribution in [3.05, 3.63) is 35.1 Å². The van der Waals surface area contributed by atoms with Crippen molar-refractivity contribution in [2.75, 3.05) is 0 Å². The summed E-state index contributed by atoms with van der Waals surface area (Å²) in [5.41, 5.74) is 3.07. The Hall–Kier alpha value is -1.75. The first-order valence-electron chi connectivity index (χ1n) is 4.58. The molecular formula is C12H11NO. The van der Waals surface area contributed by atoms with Crippen molar-refractivity contribution in [1.82, 2.24) is 0 Å². The number of nitrogens with zero attached hydrogens (tertiary/aromatic N) is 1. The Morgan fingerprint density at radius 3 is 2.86 bits per heavy atom. The number of hydrogen-bond donors (Lipinski definition) is 0. The Morgan fingerprint density at radius 2 is 2.14 bits per heavy atom. The van der Waals surface area contributed by atoms with Crippen LogP contribution in [0.1, 0.15) is 16.9 Å². The highest BCUT2D eigenvalue weighted by Gasteiger charge is 2.06. The second kappa shape index (κ2) is 3.19. The molecule has 14 heavy (non-hydrogen) atoms. The first-order valence-corrected chi connectivity index (χ1v) is 4.58. The third-order valence-electron chi connectivity index (χ3n) is 2.52. The van der Waals surface area contributed by atoms with E-state index in [4.69, 9.17) is 9.68 Å². The van der Waals surface area contributed by atoms with Crippen LogP contribution in [-0.2, 0) is 6.42 Å². The fourth-order valence-electron chi connectivity index (χ4n) is 1.59. The molecule has 0 fully saturated rings. The van der Waals surface area contributed by atoms with E-state index in [1.165, 1.54) is 5.56 Å². The number of furan rings is 1. The molecule has 0 aliphatic carbocycles. The van der Waals surface area contributed by atoms with Crippen LogP contribution in [0.25, 0.3) is 11.0 Å². The van der Waals surface area contributed by atoms with E-state index in [9.17, 15) is 0 Å². The number of benzene rings is 1. The van der Waals surface area contributed by atoms with Crippen LogP contribution in [0, 0.1) is 25.2 Å². The van der Waals surface area contributed by atoms with Crippen molar-refractivity contribution in [3.63, 3.8) is 0 Å². The Labute approximate surface area is 82.8 Å². The maximum absolute atomic E-state index is 8.57. The fourth-order valence-corrected chi connectivity index (χ4v) is 1.59.